The van der Waals surface area contributed by atoms with Crippen molar-refractivity contribution in [2.24, 2.45) is 0 Å². The third-order valence-electron chi connectivity index (χ3n) is 5.27. The third-order valence-corrected chi connectivity index (χ3v) is 5.27. The number of amides is 1. The van der Waals surface area contributed by atoms with Gasteiger partial charge in [-0.1, -0.05) is 18.2 Å². The predicted octanol–water partition coefficient (Wildman–Crippen LogP) is 3.99. The van der Waals surface area contributed by atoms with Crippen molar-refractivity contribution in [3.8, 4) is 5.75 Å². The van der Waals surface area contributed by atoms with Crippen molar-refractivity contribution in [1.82, 2.24) is 9.88 Å². The van der Waals surface area contributed by atoms with Gasteiger partial charge in [0.25, 0.3) is 11.7 Å². The molecule has 1 aromatic heterocycles. The number of aromatic nitrogens is 1. The number of rotatable bonds is 5. The molecule has 1 N–H and O–H groups in total. The molecule has 1 atom stereocenters. The van der Waals surface area contributed by atoms with Gasteiger partial charge in [0.1, 0.15) is 11.6 Å². The molecule has 1 aliphatic rings. The van der Waals surface area contributed by atoms with Gasteiger partial charge in [-0.25, -0.2) is 8.78 Å². The SMILES string of the molecule is COc1ccc(/C(O)=C2\C(=O)C(=O)N(Cc3ccncc3)C2c2ccccc2F)cc1F. The second-order valence-electron chi connectivity index (χ2n) is 7.15. The topological polar surface area (TPSA) is 79.7 Å². The molecule has 1 unspecified atom stereocenters. The summed E-state index contributed by atoms with van der Waals surface area (Å²) in [5, 5.41) is 10.9. The highest BCUT2D eigenvalue weighted by Gasteiger charge is 2.47. The van der Waals surface area contributed by atoms with Gasteiger partial charge < -0.3 is 14.7 Å². The summed E-state index contributed by atoms with van der Waals surface area (Å²) in [6.45, 7) is -0.0140. The normalized spacial score (nSPS) is 17.6. The molecule has 1 amide bonds. The number of aliphatic hydroxyl groups is 1. The number of hydrogen-bond donors (Lipinski definition) is 1. The minimum Gasteiger partial charge on any atom is -0.507 e. The molecule has 0 bridgehead atoms. The van der Waals surface area contributed by atoms with Crippen LogP contribution in [0.3, 0.4) is 0 Å². The molecule has 162 valence electrons. The molecule has 8 heteroatoms. The minimum absolute atomic E-state index is 0.0140. The second-order valence-corrected chi connectivity index (χ2v) is 7.15. The molecular formula is C24H18F2N2O4. The summed E-state index contributed by atoms with van der Waals surface area (Å²) < 4.78 is 33.9. The summed E-state index contributed by atoms with van der Waals surface area (Å²) in [4.78, 5) is 31.0. The van der Waals surface area contributed by atoms with Crippen molar-refractivity contribution in [3.63, 3.8) is 0 Å². The van der Waals surface area contributed by atoms with Crippen LogP contribution in [0.25, 0.3) is 5.76 Å². The van der Waals surface area contributed by atoms with Crippen molar-refractivity contribution in [2.45, 2.75) is 12.6 Å². The standard InChI is InChI=1S/C24H18F2N2O4/c1-32-19-7-6-15(12-18(19)26)22(29)20-21(16-4-2-3-5-17(16)25)28(24(31)23(20)30)13-14-8-10-27-11-9-14/h2-12,21,29H,13H2,1H3/b22-20+. The maximum absolute atomic E-state index is 14.8. The van der Waals surface area contributed by atoms with Crippen LogP contribution in [-0.4, -0.2) is 33.8 Å². The van der Waals surface area contributed by atoms with E-state index in [0.717, 1.165) is 6.07 Å². The Morgan fingerprint density at radius 2 is 1.78 bits per heavy atom. The molecule has 0 radical (unpaired) electrons. The van der Waals surface area contributed by atoms with Crippen molar-refractivity contribution < 1.29 is 28.2 Å². The quantitative estimate of drug-likeness (QED) is 0.372. The maximum atomic E-state index is 14.8. The first kappa shape index (κ1) is 21.2. The number of aliphatic hydroxyl groups excluding tert-OH is 1. The Morgan fingerprint density at radius 1 is 1.06 bits per heavy atom. The average molecular weight is 436 g/mol. The van der Waals surface area contributed by atoms with Crippen molar-refractivity contribution >= 4 is 17.4 Å². The van der Waals surface area contributed by atoms with E-state index in [4.69, 9.17) is 4.74 Å². The Morgan fingerprint density at radius 3 is 2.44 bits per heavy atom. The van der Waals surface area contributed by atoms with Crippen molar-refractivity contribution in [1.29, 1.82) is 0 Å². The van der Waals surface area contributed by atoms with E-state index in [-0.39, 0.29) is 29.0 Å². The van der Waals surface area contributed by atoms with Gasteiger partial charge in [-0.2, -0.15) is 0 Å². The highest BCUT2D eigenvalue weighted by Crippen LogP contribution is 2.41. The molecule has 0 aliphatic carbocycles. The van der Waals surface area contributed by atoms with E-state index in [1.165, 1.54) is 54.7 Å². The molecule has 32 heavy (non-hydrogen) atoms. The first-order valence-electron chi connectivity index (χ1n) is 9.68. The molecule has 3 aromatic rings. The molecule has 6 nitrogen and oxygen atoms in total. The van der Waals surface area contributed by atoms with E-state index in [1.54, 1.807) is 18.2 Å². The number of halogens is 2. The van der Waals surface area contributed by atoms with E-state index in [9.17, 15) is 23.5 Å². The lowest BCUT2D eigenvalue weighted by Gasteiger charge is -2.25. The molecule has 2 heterocycles. The lowest BCUT2D eigenvalue weighted by molar-refractivity contribution is -0.140. The van der Waals surface area contributed by atoms with Gasteiger partial charge in [0.05, 0.1) is 18.7 Å². The summed E-state index contributed by atoms with van der Waals surface area (Å²) in [5.74, 6) is -3.94. The maximum Gasteiger partial charge on any atom is 0.295 e. The van der Waals surface area contributed by atoms with Gasteiger partial charge in [0, 0.05) is 30.1 Å². The number of Topliss-reactive ketones (excluding diaryl/α,β-unsaturated/α-hetero) is 1. The van der Waals surface area contributed by atoms with Crippen LogP contribution in [0.15, 0.2) is 72.6 Å². The monoisotopic (exact) mass is 436 g/mol. The van der Waals surface area contributed by atoms with Gasteiger partial charge >= 0.3 is 0 Å². The number of benzene rings is 2. The summed E-state index contributed by atoms with van der Waals surface area (Å²) in [6, 6.07) is 11.4. The zero-order valence-corrected chi connectivity index (χ0v) is 17.0. The first-order chi connectivity index (χ1) is 15.4. The van der Waals surface area contributed by atoms with Gasteiger partial charge in [-0.15, -0.1) is 0 Å². The van der Waals surface area contributed by atoms with Crippen LogP contribution in [-0.2, 0) is 16.1 Å². The number of pyridine rings is 1. The summed E-state index contributed by atoms with van der Waals surface area (Å²) in [7, 11) is 1.29. The van der Waals surface area contributed by atoms with Crippen LogP contribution >= 0.6 is 0 Å². The fourth-order valence-corrected chi connectivity index (χ4v) is 3.72. The zero-order chi connectivity index (χ0) is 22.8. The van der Waals surface area contributed by atoms with E-state index in [1.807, 2.05) is 0 Å². The molecule has 1 fully saturated rings. The molecule has 1 aliphatic heterocycles. The third kappa shape index (κ3) is 3.71. The average Bonchev–Trinajstić information content (AvgIpc) is 3.04. The van der Waals surface area contributed by atoms with Crippen molar-refractivity contribution in [3.05, 3.63) is 101 Å². The molecular weight excluding hydrogens is 418 g/mol. The molecule has 0 saturated carbocycles. The molecule has 0 spiro atoms. The van der Waals surface area contributed by atoms with E-state index in [2.05, 4.69) is 4.98 Å². The van der Waals surface area contributed by atoms with Crippen LogP contribution in [0.2, 0.25) is 0 Å². The molecule has 4 rings (SSSR count). The zero-order valence-electron chi connectivity index (χ0n) is 17.0. The number of carbonyl (C=O) groups excluding carboxylic acids is 2. The van der Waals surface area contributed by atoms with Gasteiger partial charge in [0.15, 0.2) is 11.6 Å². The number of ether oxygens (including phenoxy) is 1. The second kappa shape index (κ2) is 8.58. The smallest absolute Gasteiger partial charge is 0.295 e. The highest BCUT2D eigenvalue weighted by molar-refractivity contribution is 6.46. The fraction of sp³-hybridized carbons (Fsp3) is 0.125. The molecule has 2 aromatic carbocycles. The van der Waals surface area contributed by atoms with Crippen LogP contribution in [0.1, 0.15) is 22.7 Å². The number of hydrogen-bond acceptors (Lipinski definition) is 5. The lowest BCUT2D eigenvalue weighted by Crippen LogP contribution is -2.29. The minimum atomic E-state index is -1.20. The van der Waals surface area contributed by atoms with Crippen LogP contribution in [0.4, 0.5) is 8.78 Å². The van der Waals surface area contributed by atoms with Crippen LogP contribution < -0.4 is 4.74 Å². The number of carbonyl (C=O) groups is 2. The van der Waals surface area contributed by atoms with Crippen LogP contribution in [0, 0.1) is 11.6 Å². The highest BCUT2D eigenvalue weighted by atomic mass is 19.1. The van der Waals surface area contributed by atoms with Gasteiger partial charge in [-0.05, 0) is 42.0 Å². The number of ketones is 1. The molecule has 1 saturated heterocycles. The summed E-state index contributed by atoms with van der Waals surface area (Å²) in [6.07, 6.45) is 3.06. The van der Waals surface area contributed by atoms with E-state index >= 15 is 0 Å². The Kier molecular flexibility index (Phi) is 5.68. The number of methoxy groups -OCH3 is 1. The largest absolute Gasteiger partial charge is 0.507 e. The Bertz CT molecular complexity index is 1230. The Labute approximate surface area is 182 Å². The van der Waals surface area contributed by atoms with Gasteiger partial charge in [-0.3, -0.25) is 14.6 Å². The Hall–Kier alpha value is -4.07. The summed E-state index contributed by atoms with van der Waals surface area (Å²) >= 11 is 0. The predicted molar refractivity (Wildman–Crippen MR) is 111 cm³/mol. The van der Waals surface area contributed by atoms with Crippen LogP contribution in [0.5, 0.6) is 5.75 Å². The van der Waals surface area contributed by atoms with Gasteiger partial charge in [0.2, 0.25) is 0 Å². The lowest BCUT2D eigenvalue weighted by atomic mass is 9.94. The van der Waals surface area contributed by atoms with Crippen molar-refractivity contribution in [2.75, 3.05) is 7.11 Å². The summed E-state index contributed by atoms with van der Waals surface area (Å²) in [5.41, 5.74) is 0.347. The fourth-order valence-electron chi connectivity index (χ4n) is 3.72. The number of likely N-dealkylation sites (tertiary alicyclic amines) is 1. The Balaban J connectivity index is 1.89. The van der Waals surface area contributed by atoms with E-state index in [0.29, 0.717) is 5.56 Å². The van der Waals surface area contributed by atoms with E-state index < -0.39 is 35.1 Å². The first-order valence-corrected chi connectivity index (χ1v) is 9.68. The number of nitrogens with zero attached hydrogens (tertiary/aromatic N) is 2.